The molecule has 0 heterocycles. The fourth-order valence-electron chi connectivity index (χ4n) is 1.65. The number of carbonyl (C=O) groups is 1. The molecular weight excluding hydrogens is 348 g/mol. The molecule has 0 radical (unpaired) electrons. The maximum Gasteiger partial charge on any atom is 0.409 e. The van der Waals surface area contributed by atoms with Crippen LogP contribution in [-0.2, 0) is 6.61 Å². The summed E-state index contributed by atoms with van der Waals surface area (Å²) in [6.07, 6.45) is -1.42. The minimum Gasteiger partial charge on any atom is -0.483 e. The molecule has 4 nitrogen and oxygen atoms in total. The van der Waals surface area contributed by atoms with E-state index in [2.05, 4.69) is 15.9 Å². The maximum atomic E-state index is 14.0. The van der Waals surface area contributed by atoms with Crippen molar-refractivity contribution in [1.82, 2.24) is 0 Å². The molecule has 21 heavy (non-hydrogen) atoms. The van der Waals surface area contributed by atoms with Crippen molar-refractivity contribution in [2.75, 3.05) is 5.32 Å². The van der Waals surface area contributed by atoms with Gasteiger partial charge in [-0.05, 0) is 21.5 Å². The summed E-state index contributed by atoms with van der Waals surface area (Å²) in [6.45, 7) is -0.00712. The SMILES string of the molecule is O=C(O)Nc1cc(F)c(OCc2ccccc2)c(F)c1Br. The highest BCUT2D eigenvalue weighted by molar-refractivity contribution is 9.10. The molecule has 0 saturated carbocycles. The molecule has 110 valence electrons. The molecule has 0 saturated heterocycles. The number of rotatable bonds is 4. The molecule has 2 aromatic rings. The van der Waals surface area contributed by atoms with E-state index >= 15 is 0 Å². The van der Waals surface area contributed by atoms with Gasteiger partial charge in [-0.15, -0.1) is 0 Å². The predicted octanol–water partition coefficient (Wildman–Crippen LogP) is 4.40. The molecule has 2 aromatic carbocycles. The molecule has 0 fully saturated rings. The quantitative estimate of drug-likeness (QED) is 0.797. The first kappa shape index (κ1) is 15.2. The van der Waals surface area contributed by atoms with Gasteiger partial charge in [0.15, 0.2) is 17.4 Å². The van der Waals surface area contributed by atoms with Crippen LogP contribution in [0.3, 0.4) is 0 Å². The second-order valence-corrected chi connectivity index (χ2v) is 4.86. The van der Waals surface area contributed by atoms with Crippen LogP contribution >= 0.6 is 15.9 Å². The number of hydrogen-bond acceptors (Lipinski definition) is 2. The Morgan fingerprint density at radius 2 is 1.95 bits per heavy atom. The predicted molar refractivity (Wildman–Crippen MR) is 76.5 cm³/mol. The second-order valence-electron chi connectivity index (χ2n) is 4.07. The average Bonchev–Trinajstić information content (AvgIpc) is 2.45. The van der Waals surface area contributed by atoms with Gasteiger partial charge in [-0.25, -0.2) is 13.6 Å². The topological polar surface area (TPSA) is 58.6 Å². The lowest BCUT2D eigenvalue weighted by molar-refractivity contribution is 0.209. The Kier molecular flexibility index (Phi) is 4.74. The first-order valence-corrected chi connectivity index (χ1v) is 6.62. The van der Waals surface area contributed by atoms with Gasteiger partial charge in [0.2, 0.25) is 0 Å². The number of benzene rings is 2. The fourth-order valence-corrected chi connectivity index (χ4v) is 2.04. The summed E-state index contributed by atoms with van der Waals surface area (Å²) < 4.78 is 32.8. The summed E-state index contributed by atoms with van der Waals surface area (Å²) in [7, 11) is 0. The van der Waals surface area contributed by atoms with Crippen molar-refractivity contribution in [3.05, 3.63) is 58.1 Å². The lowest BCUT2D eigenvalue weighted by Crippen LogP contribution is -2.10. The van der Waals surface area contributed by atoms with E-state index < -0.39 is 23.5 Å². The van der Waals surface area contributed by atoms with Gasteiger partial charge in [0.1, 0.15) is 6.61 Å². The third-order valence-corrected chi connectivity index (χ3v) is 3.36. The highest BCUT2D eigenvalue weighted by Crippen LogP contribution is 2.35. The highest BCUT2D eigenvalue weighted by Gasteiger charge is 2.19. The van der Waals surface area contributed by atoms with Gasteiger partial charge in [-0.3, -0.25) is 5.32 Å². The second kappa shape index (κ2) is 6.53. The highest BCUT2D eigenvalue weighted by atomic mass is 79.9. The average molecular weight is 358 g/mol. The van der Waals surface area contributed by atoms with Gasteiger partial charge < -0.3 is 9.84 Å². The first-order valence-electron chi connectivity index (χ1n) is 5.83. The molecule has 0 aromatic heterocycles. The van der Waals surface area contributed by atoms with E-state index in [1.165, 1.54) is 0 Å². The minimum atomic E-state index is -1.42. The Morgan fingerprint density at radius 1 is 1.29 bits per heavy atom. The van der Waals surface area contributed by atoms with Crippen LogP contribution in [0.15, 0.2) is 40.9 Å². The Morgan fingerprint density at radius 3 is 2.57 bits per heavy atom. The van der Waals surface area contributed by atoms with Crippen molar-refractivity contribution in [2.24, 2.45) is 0 Å². The van der Waals surface area contributed by atoms with Crippen LogP contribution in [0.25, 0.3) is 0 Å². The minimum absolute atomic E-state index is 0.00712. The van der Waals surface area contributed by atoms with E-state index in [1.54, 1.807) is 24.3 Å². The van der Waals surface area contributed by atoms with E-state index in [4.69, 9.17) is 9.84 Å². The Hall–Kier alpha value is -2.15. The largest absolute Gasteiger partial charge is 0.483 e. The van der Waals surface area contributed by atoms with Crippen LogP contribution in [-0.4, -0.2) is 11.2 Å². The molecular formula is C14H10BrF2NO3. The van der Waals surface area contributed by atoms with Crippen molar-refractivity contribution in [3.8, 4) is 5.75 Å². The molecule has 1 amide bonds. The molecule has 2 N–H and O–H groups in total. The van der Waals surface area contributed by atoms with Gasteiger partial charge >= 0.3 is 6.09 Å². The number of carboxylic acid groups (broad SMARTS) is 1. The van der Waals surface area contributed by atoms with E-state index in [0.29, 0.717) is 0 Å². The molecule has 0 aliphatic rings. The van der Waals surface area contributed by atoms with Crippen molar-refractivity contribution >= 4 is 27.7 Å². The van der Waals surface area contributed by atoms with Crippen molar-refractivity contribution < 1.29 is 23.4 Å². The summed E-state index contributed by atoms with van der Waals surface area (Å²) in [6, 6.07) is 9.73. The van der Waals surface area contributed by atoms with Crippen LogP contribution < -0.4 is 10.1 Å². The number of anilines is 1. The third-order valence-electron chi connectivity index (χ3n) is 2.58. The number of ether oxygens (including phenoxy) is 1. The van der Waals surface area contributed by atoms with Gasteiger partial charge in [0.25, 0.3) is 0 Å². The zero-order valence-corrected chi connectivity index (χ0v) is 12.2. The normalized spacial score (nSPS) is 10.2. The molecule has 0 aliphatic heterocycles. The fraction of sp³-hybridized carbons (Fsp3) is 0.0714. The number of amides is 1. The Balaban J connectivity index is 2.24. The van der Waals surface area contributed by atoms with Crippen molar-refractivity contribution in [2.45, 2.75) is 6.61 Å². The molecule has 0 atom stereocenters. The Labute approximate surface area is 127 Å². The standard InChI is InChI=1S/C14H10BrF2NO3/c15-11-10(18-14(19)20)6-9(16)13(12(11)17)21-7-8-4-2-1-3-5-8/h1-6,18H,7H2,(H,19,20). The lowest BCUT2D eigenvalue weighted by atomic mass is 10.2. The smallest absolute Gasteiger partial charge is 0.409 e. The maximum absolute atomic E-state index is 14.0. The molecule has 0 bridgehead atoms. The van der Waals surface area contributed by atoms with Gasteiger partial charge in [0, 0.05) is 6.07 Å². The molecule has 0 aliphatic carbocycles. The summed E-state index contributed by atoms with van der Waals surface area (Å²) in [5.74, 6) is -2.56. The molecule has 7 heteroatoms. The van der Waals surface area contributed by atoms with Crippen molar-refractivity contribution in [1.29, 1.82) is 0 Å². The number of hydrogen-bond donors (Lipinski definition) is 2. The van der Waals surface area contributed by atoms with Crippen LogP contribution in [0.4, 0.5) is 19.3 Å². The number of halogens is 3. The Bertz CT molecular complexity index is 665. The number of nitrogens with one attached hydrogen (secondary N) is 1. The van der Waals surface area contributed by atoms with Crippen LogP contribution in [0.2, 0.25) is 0 Å². The van der Waals surface area contributed by atoms with Crippen molar-refractivity contribution in [3.63, 3.8) is 0 Å². The van der Waals surface area contributed by atoms with E-state index in [9.17, 15) is 13.6 Å². The summed E-state index contributed by atoms with van der Waals surface area (Å²) in [5.41, 5.74) is 0.518. The molecule has 0 unspecified atom stereocenters. The molecule has 0 spiro atoms. The van der Waals surface area contributed by atoms with E-state index in [-0.39, 0.29) is 16.8 Å². The third kappa shape index (κ3) is 3.69. The lowest BCUT2D eigenvalue weighted by Gasteiger charge is -2.12. The summed E-state index contributed by atoms with van der Waals surface area (Å²) in [5, 5.41) is 10.5. The van der Waals surface area contributed by atoms with Crippen LogP contribution in [0.1, 0.15) is 5.56 Å². The first-order chi connectivity index (χ1) is 9.99. The van der Waals surface area contributed by atoms with Gasteiger partial charge in [-0.1, -0.05) is 30.3 Å². The van der Waals surface area contributed by atoms with E-state index in [1.807, 2.05) is 11.4 Å². The summed E-state index contributed by atoms with van der Waals surface area (Å²) in [4.78, 5) is 10.5. The van der Waals surface area contributed by atoms with Gasteiger partial charge in [0.05, 0.1) is 10.2 Å². The van der Waals surface area contributed by atoms with Crippen LogP contribution in [0, 0.1) is 11.6 Å². The zero-order chi connectivity index (χ0) is 15.4. The monoisotopic (exact) mass is 357 g/mol. The zero-order valence-electron chi connectivity index (χ0n) is 10.6. The molecule has 2 rings (SSSR count). The summed E-state index contributed by atoms with van der Waals surface area (Å²) >= 11 is 2.87. The van der Waals surface area contributed by atoms with E-state index in [0.717, 1.165) is 11.6 Å². The van der Waals surface area contributed by atoms with Gasteiger partial charge in [-0.2, -0.15) is 0 Å². The van der Waals surface area contributed by atoms with Crippen LogP contribution in [0.5, 0.6) is 5.75 Å².